The van der Waals surface area contributed by atoms with Gasteiger partial charge >= 0.3 is 12.2 Å². The third-order valence-corrected chi connectivity index (χ3v) is 7.03. The smallest absolute Gasteiger partial charge is 0.333 e. The molecule has 8 nitrogen and oxygen atoms in total. The maximum atomic E-state index is 13.1. The zero-order valence-electron chi connectivity index (χ0n) is 18.1. The number of alkyl halides is 3. The molecule has 180 valence electrons. The Labute approximate surface area is 190 Å². The van der Waals surface area contributed by atoms with Gasteiger partial charge in [0.15, 0.2) is 0 Å². The molecule has 2 N–H and O–H groups in total. The third kappa shape index (κ3) is 6.56. The van der Waals surface area contributed by atoms with E-state index in [0.29, 0.717) is 6.07 Å². The number of nitrogens with one attached hydrogen (secondary N) is 2. The van der Waals surface area contributed by atoms with Crippen LogP contribution >= 0.6 is 11.6 Å². The topological polar surface area (TPSA) is 98.8 Å². The second kappa shape index (κ2) is 9.54. The van der Waals surface area contributed by atoms with Crippen molar-refractivity contribution in [1.82, 2.24) is 19.8 Å². The maximum Gasteiger partial charge on any atom is 0.417 e. The van der Waals surface area contributed by atoms with Gasteiger partial charge in [-0.25, -0.2) is 13.2 Å². The van der Waals surface area contributed by atoms with E-state index in [9.17, 15) is 31.2 Å². The highest BCUT2D eigenvalue weighted by Crippen LogP contribution is 2.36. The van der Waals surface area contributed by atoms with Gasteiger partial charge in [-0.3, -0.25) is 15.0 Å². The quantitative estimate of drug-likeness (QED) is 0.665. The molecule has 1 fully saturated rings. The molecule has 3 amide bonds. The molecule has 1 heterocycles. The van der Waals surface area contributed by atoms with Crippen LogP contribution in [0, 0.1) is 0 Å². The van der Waals surface area contributed by atoms with Crippen molar-refractivity contribution in [3.63, 3.8) is 0 Å². The standard InChI is InChI=1S/C19H26ClF3N4O4S/c1-12(16(28)24-17(29)25-18(2,3)4)26-7-9-27(10-8-26)32(30,31)13-5-6-15(20)14(11-13)19(21,22)23/h5-6,11-12H,7-10H2,1-4H3,(H2,24,25,28,29). The van der Waals surface area contributed by atoms with Crippen LogP contribution in [-0.4, -0.2) is 67.3 Å². The summed E-state index contributed by atoms with van der Waals surface area (Å²) in [4.78, 5) is 25.4. The van der Waals surface area contributed by atoms with E-state index >= 15 is 0 Å². The number of rotatable bonds is 4. The van der Waals surface area contributed by atoms with Crippen LogP contribution in [0.4, 0.5) is 18.0 Å². The second-order valence-corrected chi connectivity index (χ2v) is 10.8. The first-order valence-corrected chi connectivity index (χ1v) is 11.6. The number of urea groups is 1. The molecule has 0 spiro atoms. The summed E-state index contributed by atoms with van der Waals surface area (Å²) in [5.74, 6) is -0.546. The Bertz CT molecular complexity index is 972. The molecular formula is C19H26ClF3N4O4S. The maximum absolute atomic E-state index is 13.1. The summed E-state index contributed by atoms with van der Waals surface area (Å²) < 4.78 is 66.0. The predicted octanol–water partition coefficient (Wildman–Crippen LogP) is 2.68. The van der Waals surface area contributed by atoms with E-state index in [1.165, 1.54) is 0 Å². The van der Waals surface area contributed by atoms with Gasteiger partial charge in [-0.1, -0.05) is 11.6 Å². The summed E-state index contributed by atoms with van der Waals surface area (Å²) in [5, 5.41) is 4.26. The summed E-state index contributed by atoms with van der Waals surface area (Å²) in [6, 6.07) is 1.11. The molecule has 1 unspecified atom stereocenters. The minimum Gasteiger partial charge on any atom is -0.333 e. The molecule has 1 aliphatic heterocycles. The van der Waals surface area contributed by atoms with Gasteiger partial charge in [0.2, 0.25) is 15.9 Å². The van der Waals surface area contributed by atoms with Crippen LogP contribution in [0.15, 0.2) is 23.1 Å². The van der Waals surface area contributed by atoms with Gasteiger partial charge in [0, 0.05) is 31.7 Å². The van der Waals surface area contributed by atoms with E-state index in [1.807, 2.05) is 0 Å². The van der Waals surface area contributed by atoms with Gasteiger partial charge < -0.3 is 5.32 Å². The molecule has 1 aromatic rings. The fourth-order valence-corrected chi connectivity index (χ4v) is 4.79. The van der Waals surface area contributed by atoms with Crippen LogP contribution in [0.2, 0.25) is 5.02 Å². The number of sulfonamides is 1. The second-order valence-electron chi connectivity index (χ2n) is 8.45. The number of amides is 3. The first-order valence-electron chi connectivity index (χ1n) is 9.76. The van der Waals surface area contributed by atoms with E-state index < -0.39 is 55.2 Å². The highest BCUT2D eigenvalue weighted by atomic mass is 35.5. The molecule has 0 saturated carbocycles. The van der Waals surface area contributed by atoms with E-state index in [2.05, 4.69) is 10.6 Å². The number of imide groups is 1. The van der Waals surface area contributed by atoms with Crippen molar-refractivity contribution in [1.29, 1.82) is 0 Å². The molecule has 32 heavy (non-hydrogen) atoms. The minimum atomic E-state index is -4.79. The number of hydrogen-bond acceptors (Lipinski definition) is 5. The summed E-state index contributed by atoms with van der Waals surface area (Å²) in [5.41, 5.74) is -1.75. The largest absolute Gasteiger partial charge is 0.417 e. The van der Waals surface area contributed by atoms with Crippen LogP contribution < -0.4 is 10.6 Å². The lowest BCUT2D eigenvalue weighted by atomic mass is 10.1. The molecular weight excluding hydrogens is 473 g/mol. The van der Waals surface area contributed by atoms with Crippen LogP contribution in [0.5, 0.6) is 0 Å². The van der Waals surface area contributed by atoms with Crippen LogP contribution in [-0.2, 0) is 21.0 Å². The van der Waals surface area contributed by atoms with Crippen molar-refractivity contribution in [2.45, 2.75) is 50.3 Å². The highest BCUT2D eigenvalue weighted by Gasteiger charge is 2.37. The molecule has 13 heteroatoms. The number of nitrogens with zero attached hydrogens (tertiary/aromatic N) is 2. The Balaban J connectivity index is 2.04. The molecule has 0 bridgehead atoms. The monoisotopic (exact) mass is 498 g/mol. The number of benzene rings is 1. The Hall–Kier alpha value is -1.89. The average Bonchev–Trinajstić information content (AvgIpc) is 2.65. The van der Waals surface area contributed by atoms with Gasteiger partial charge in [0.25, 0.3) is 0 Å². The van der Waals surface area contributed by atoms with E-state index in [0.717, 1.165) is 16.4 Å². The Morgan fingerprint density at radius 1 is 1.09 bits per heavy atom. The summed E-state index contributed by atoms with van der Waals surface area (Å²) in [7, 11) is -4.19. The Kier molecular flexibility index (Phi) is 7.86. The zero-order valence-corrected chi connectivity index (χ0v) is 19.7. The number of piperazine rings is 1. The number of halogens is 4. The predicted molar refractivity (Wildman–Crippen MR) is 113 cm³/mol. The molecule has 1 atom stereocenters. The van der Waals surface area contributed by atoms with Crippen LogP contribution in [0.1, 0.15) is 33.3 Å². The van der Waals surface area contributed by atoms with Gasteiger partial charge in [-0.05, 0) is 45.9 Å². The van der Waals surface area contributed by atoms with Gasteiger partial charge in [-0.2, -0.15) is 17.5 Å². The van der Waals surface area contributed by atoms with Crippen LogP contribution in [0.25, 0.3) is 0 Å². The fourth-order valence-electron chi connectivity index (χ4n) is 3.12. The minimum absolute atomic E-state index is 0.0296. The Morgan fingerprint density at radius 3 is 2.16 bits per heavy atom. The normalized spacial score (nSPS) is 17.6. The molecule has 1 aliphatic rings. The van der Waals surface area contributed by atoms with Gasteiger partial charge in [0.1, 0.15) is 0 Å². The molecule has 2 rings (SSSR count). The van der Waals surface area contributed by atoms with Crippen molar-refractivity contribution in [2.24, 2.45) is 0 Å². The number of carbonyl (C=O) groups is 2. The molecule has 1 saturated heterocycles. The first kappa shape index (κ1) is 26.4. The molecule has 1 aromatic carbocycles. The lowest BCUT2D eigenvalue weighted by molar-refractivity contribution is -0.137. The van der Waals surface area contributed by atoms with E-state index in [4.69, 9.17) is 11.6 Å². The van der Waals surface area contributed by atoms with Crippen molar-refractivity contribution >= 4 is 33.6 Å². The number of carbonyl (C=O) groups excluding carboxylic acids is 2. The third-order valence-electron chi connectivity index (χ3n) is 4.81. The summed E-state index contributed by atoms with van der Waals surface area (Å²) in [6.07, 6.45) is -4.79. The average molecular weight is 499 g/mol. The van der Waals surface area contributed by atoms with E-state index in [1.54, 1.807) is 32.6 Å². The summed E-state index contributed by atoms with van der Waals surface area (Å²) in [6.45, 7) is 7.13. The molecule has 0 aliphatic carbocycles. The molecule has 0 radical (unpaired) electrons. The van der Waals surface area contributed by atoms with Crippen molar-refractivity contribution < 1.29 is 31.2 Å². The summed E-state index contributed by atoms with van der Waals surface area (Å²) >= 11 is 5.57. The van der Waals surface area contributed by atoms with Gasteiger partial charge in [0.05, 0.1) is 21.5 Å². The fraction of sp³-hybridized carbons (Fsp3) is 0.579. The van der Waals surface area contributed by atoms with Crippen molar-refractivity contribution in [3.8, 4) is 0 Å². The highest BCUT2D eigenvalue weighted by molar-refractivity contribution is 7.89. The van der Waals surface area contributed by atoms with Gasteiger partial charge in [-0.15, -0.1) is 0 Å². The number of hydrogen-bond donors (Lipinski definition) is 2. The van der Waals surface area contributed by atoms with E-state index in [-0.39, 0.29) is 26.2 Å². The zero-order chi connectivity index (χ0) is 24.5. The van der Waals surface area contributed by atoms with Crippen molar-refractivity contribution in [3.05, 3.63) is 28.8 Å². The van der Waals surface area contributed by atoms with Crippen molar-refractivity contribution in [2.75, 3.05) is 26.2 Å². The molecule has 0 aromatic heterocycles. The lowest BCUT2D eigenvalue weighted by Gasteiger charge is -2.36. The Morgan fingerprint density at radius 2 is 1.66 bits per heavy atom. The van der Waals surface area contributed by atoms with Crippen LogP contribution in [0.3, 0.4) is 0 Å². The lowest BCUT2D eigenvalue weighted by Crippen LogP contribution is -2.57. The first-order chi connectivity index (χ1) is 14.5. The SMILES string of the molecule is CC(C(=O)NC(=O)NC(C)(C)C)N1CCN(S(=O)(=O)c2ccc(Cl)c(C(F)(F)F)c2)CC1.